The summed E-state index contributed by atoms with van der Waals surface area (Å²) in [5.41, 5.74) is 1.19. The zero-order chi connectivity index (χ0) is 15.5. The Morgan fingerprint density at radius 3 is 2.96 bits per heavy atom. The molecule has 0 unspecified atom stereocenters. The summed E-state index contributed by atoms with van der Waals surface area (Å²) in [4.78, 5) is 8.40. The molecule has 23 heavy (non-hydrogen) atoms. The van der Waals surface area contributed by atoms with Gasteiger partial charge < -0.3 is 10.1 Å². The summed E-state index contributed by atoms with van der Waals surface area (Å²) in [6, 6.07) is 11.2. The van der Waals surface area contributed by atoms with Gasteiger partial charge in [-0.3, -0.25) is 4.90 Å². The van der Waals surface area contributed by atoms with Gasteiger partial charge in [0.1, 0.15) is 5.01 Å². The van der Waals surface area contributed by atoms with Crippen molar-refractivity contribution in [1.29, 1.82) is 0 Å². The molecule has 122 valence electrons. The number of ether oxygens (including phenoxy) is 1. The fourth-order valence-electron chi connectivity index (χ4n) is 3.10. The molecule has 1 aromatic carbocycles. The maximum absolute atomic E-state index is 5.88. The Hall–Kier alpha value is -1.27. The molecule has 2 heterocycles. The summed E-state index contributed by atoms with van der Waals surface area (Å²) in [5, 5.41) is 4.63. The molecule has 1 saturated heterocycles. The predicted octanol–water partition coefficient (Wildman–Crippen LogP) is 2.76. The minimum absolute atomic E-state index is 0.325. The third-order valence-electron chi connectivity index (χ3n) is 4.48. The number of hydrogen-bond acceptors (Lipinski definition) is 5. The van der Waals surface area contributed by atoms with E-state index < -0.39 is 0 Å². The molecule has 2 aromatic rings. The van der Waals surface area contributed by atoms with Gasteiger partial charge in [0.2, 0.25) is 0 Å². The van der Waals surface area contributed by atoms with Crippen LogP contribution < -0.4 is 5.32 Å². The average Bonchev–Trinajstić information content (AvgIpc) is 3.35. The number of rotatable bonds is 6. The third kappa shape index (κ3) is 3.98. The van der Waals surface area contributed by atoms with Crippen molar-refractivity contribution in [2.45, 2.75) is 31.5 Å². The predicted molar refractivity (Wildman–Crippen MR) is 93.6 cm³/mol. The summed E-state index contributed by atoms with van der Waals surface area (Å²) >= 11 is 1.76. The molecule has 4 nitrogen and oxygen atoms in total. The first-order valence-electron chi connectivity index (χ1n) is 8.45. The molecule has 5 heteroatoms. The fourth-order valence-corrected chi connectivity index (χ4v) is 3.98. The van der Waals surface area contributed by atoms with Crippen LogP contribution in [-0.4, -0.2) is 48.3 Å². The zero-order valence-corrected chi connectivity index (χ0v) is 14.1. The third-order valence-corrected chi connectivity index (χ3v) is 5.53. The van der Waals surface area contributed by atoms with E-state index in [0.29, 0.717) is 6.10 Å². The summed E-state index contributed by atoms with van der Waals surface area (Å²) in [5.74, 6) is 0. The lowest BCUT2D eigenvalue weighted by Gasteiger charge is -2.33. The standard InChI is InChI=1S/C18H23N3OS/c1-2-4-14(5-3-1)18-20-12-17(23-18)11-19-10-16-13-21(8-9-22-16)15-6-7-15/h1-5,12,15-16,19H,6-11,13H2/t16-/m0/s1. The van der Waals surface area contributed by atoms with E-state index in [4.69, 9.17) is 4.74 Å². The number of hydrogen-bond donors (Lipinski definition) is 1. The van der Waals surface area contributed by atoms with E-state index in [2.05, 4.69) is 39.5 Å². The first kappa shape index (κ1) is 15.3. The van der Waals surface area contributed by atoms with E-state index in [9.17, 15) is 0 Å². The monoisotopic (exact) mass is 329 g/mol. The smallest absolute Gasteiger partial charge is 0.123 e. The van der Waals surface area contributed by atoms with Gasteiger partial charge >= 0.3 is 0 Å². The van der Waals surface area contributed by atoms with Gasteiger partial charge in [0, 0.05) is 48.9 Å². The van der Waals surface area contributed by atoms with Crippen LogP contribution in [0.1, 0.15) is 17.7 Å². The Kier molecular flexibility index (Phi) is 4.71. The van der Waals surface area contributed by atoms with E-state index in [0.717, 1.165) is 43.8 Å². The van der Waals surface area contributed by atoms with Crippen LogP contribution in [0.2, 0.25) is 0 Å². The number of morpholine rings is 1. The minimum Gasteiger partial charge on any atom is -0.374 e. The summed E-state index contributed by atoms with van der Waals surface area (Å²) < 4.78 is 5.88. The van der Waals surface area contributed by atoms with Gasteiger partial charge in [0.05, 0.1) is 12.7 Å². The quantitative estimate of drug-likeness (QED) is 0.884. The van der Waals surface area contributed by atoms with Crippen molar-refractivity contribution in [3.05, 3.63) is 41.4 Å². The fraction of sp³-hybridized carbons (Fsp3) is 0.500. The lowest BCUT2D eigenvalue weighted by molar-refractivity contribution is -0.0301. The van der Waals surface area contributed by atoms with Crippen LogP contribution in [0.3, 0.4) is 0 Å². The van der Waals surface area contributed by atoms with Crippen LogP contribution in [0.15, 0.2) is 36.5 Å². The van der Waals surface area contributed by atoms with Crippen molar-refractivity contribution in [2.24, 2.45) is 0 Å². The molecule has 1 atom stereocenters. The largest absolute Gasteiger partial charge is 0.374 e. The first-order valence-corrected chi connectivity index (χ1v) is 9.26. The molecule has 1 aliphatic carbocycles. The van der Waals surface area contributed by atoms with Crippen LogP contribution >= 0.6 is 11.3 Å². The van der Waals surface area contributed by atoms with Gasteiger partial charge in [-0.15, -0.1) is 11.3 Å². The molecule has 1 aliphatic heterocycles. The van der Waals surface area contributed by atoms with Crippen molar-refractivity contribution in [2.75, 3.05) is 26.2 Å². The molecule has 2 aliphatic rings. The highest BCUT2D eigenvalue weighted by Crippen LogP contribution is 2.28. The number of benzene rings is 1. The highest BCUT2D eigenvalue weighted by Gasteiger charge is 2.32. The van der Waals surface area contributed by atoms with Crippen LogP contribution in [0.25, 0.3) is 10.6 Å². The van der Waals surface area contributed by atoms with Gasteiger partial charge in [-0.1, -0.05) is 30.3 Å². The normalized spacial score (nSPS) is 22.3. The van der Waals surface area contributed by atoms with Crippen LogP contribution in [0.5, 0.6) is 0 Å². The molecule has 2 fully saturated rings. The van der Waals surface area contributed by atoms with Gasteiger partial charge in [-0.2, -0.15) is 0 Å². The van der Waals surface area contributed by atoms with Gasteiger partial charge in [-0.25, -0.2) is 4.98 Å². The van der Waals surface area contributed by atoms with E-state index in [1.807, 2.05) is 12.3 Å². The molecule has 0 amide bonds. The second-order valence-corrected chi connectivity index (χ2v) is 7.46. The summed E-state index contributed by atoms with van der Waals surface area (Å²) in [6.07, 6.45) is 5.07. The van der Waals surface area contributed by atoms with Crippen molar-refractivity contribution >= 4 is 11.3 Å². The number of thiazole rings is 1. The minimum atomic E-state index is 0.325. The van der Waals surface area contributed by atoms with E-state index in [1.165, 1.54) is 23.3 Å². The van der Waals surface area contributed by atoms with Crippen molar-refractivity contribution in [3.8, 4) is 10.6 Å². The molecule has 1 aromatic heterocycles. The Bertz CT molecular complexity index is 626. The van der Waals surface area contributed by atoms with Gasteiger partial charge in [0.15, 0.2) is 0 Å². The molecule has 1 N–H and O–H groups in total. The first-order chi connectivity index (χ1) is 11.4. The zero-order valence-electron chi connectivity index (χ0n) is 13.3. The SMILES string of the molecule is c1ccc(-c2ncc(CNC[C@H]3CN(C4CC4)CCO3)s2)cc1. The molecule has 0 spiro atoms. The maximum Gasteiger partial charge on any atom is 0.123 e. The Labute approximate surface area is 141 Å². The van der Waals surface area contributed by atoms with Crippen molar-refractivity contribution in [1.82, 2.24) is 15.2 Å². The van der Waals surface area contributed by atoms with Gasteiger partial charge in [-0.05, 0) is 12.8 Å². The molecule has 1 saturated carbocycles. The van der Waals surface area contributed by atoms with Crippen LogP contribution in [-0.2, 0) is 11.3 Å². The number of nitrogens with one attached hydrogen (secondary N) is 1. The number of aromatic nitrogens is 1. The molecule has 0 bridgehead atoms. The second-order valence-electron chi connectivity index (χ2n) is 6.35. The highest BCUT2D eigenvalue weighted by atomic mass is 32.1. The molecule has 0 radical (unpaired) electrons. The summed E-state index contributed by atoms with van der Waals surface area (Å²) in [7, 11) is 0. The van der Waals surface area contributed by atoms with E-state index >= 15 is 0 Å². The molecular formula is C18H23N3OS. The molecular weight excluding hydrogens is 306 g/mol. The Morgan fingerprint density at radius 1 is 1.26 bits per heavy atom. The highest BCUT2D eigenvalue weighted by molar-refractivity contribution is 7.15. The lowest BCUT2D eigenvalue weighted by atomic mass is 10.2. The number of nitrogens with zero attached hydrogens (tertiary/aromatic N) is 2. The lowest BCUT2D eigenvalue weighted by Crippen LogP contribution is -2.47. The maximum atomic E-state index is 5.88. The van der Waals surface area contributed by atoms with E-state index in [-0.39, 0.29) is 0 Å². The van der Waals surface area contributed by atoms with Gasteiger partial charge in [0.25, 0.3) is 0 Å². The second kappa shape index (κ2) is 7.09. The Balaban J connectivity index is 1.26. The Morgan fingerprint density at radius 2 is 2.13 bits per heavy atom. The van der Waals surface area contributed by atoms with Crippen LogP contribution in [0.4, 0.5) is 0 Å². The topological polar surface area (TPSA) is 37.4 Å². The molecule has 4 rings (SSSR count). The summed E-state index contributed by atoms with van der Waals surface area (Å²) in [6.45, 7) is 4.85. The van der Waals surface area contributed by atoms with Crippen molar-refractivity contribution < 1.29 is 4.74 Å². The average molecular weight is 329 g/mol. The van der Waals surface area contributed by atoms with Crippen molar-refractivity contribution in [3.63, 3.8) is 0 Å². The van der Waals surface area contributed by atoms with Crippen LogP contribution in [0, 0.1) is 0 Å². The van der Waals surface area contributed by atoms with E-state index in [1.54, 1.807) is 11.3 Å².